The number of rotatable bonds is 8. The van der Waals surface area contributed by atoms with Crippen molar-refractivity contribution in [2.45, 2.75) is 45.3 Å². The van der Waals surface area contributed by atoms with Crippen LogP contribution in [-0.2, 0) is 11.5 Å². The summed E-state index contributed by atoms with van der Waals surface area (Å²) in [5.41, 5.74) is 6.03. The fourth-order valence-electron chi connectivity index (χ4n) is 1.78. The van der Waals surface area contributed by atoms with Gasteiger partial charge in [0.25, 0.3) is 5.88 Å². The summed E-state index contributed by atoms with van der Waals surface area (Å²) < 4.78 is 12.8. The van der Waals surface area contributed by atoms with Crippen molar-refractivity contribution in [3.63, 3.8) is 0 Å². The summed E-state index contributed by atoms with van der Waals surface area (Å²) in [4.78, 5) is 0. The molecule has 1 aliphatic carbocycles. The second kappa shape index (κ2) is 6.08. The maximum Gasteiger partial charge on any atom is 0.256 e. The second-order valence-corrected chi connectivity index (χ2v) is 12.6. The Balaban J connectivity index is 1.78. The molecule has 116 valence electrons. The normalized spacial score (nSPS) is 16.5. The molecule has 1 fully saturated rings. The minimum Gasteiger partial charge on any atom is -0.473 e. The van der Waals surface area contributed by atoms with Gasteiger partial charge in [0, 0.05) is 14.7 Å². The summed E-state index contributed by atoms with van der Waals surface area (Å²) in [5.74, 6) is 0.394. The molecule has 1 heterocycles. The molecule has 1 aliphatic rings. The molecule has 2 N–H and O–H groups in total. The minimum absolute atomic E-state index is 0.315. The number of nitriles is 1. The summed E-state index contributed by atoms with van der Waals surface area (Å²) in [6, 6.07) is 3.41. The summed E-state index contributed by atoms with van der Waals surface area (Å²) in [6.45, 7) is 8.43. The van der Waals surface area contributed by atoms with Gasteiger partial charge in [0.1, 0.15) is 19.0 Å². The molecule has 7 heteroatoms. The minimum atomic E-state index is -1.07. The van der Waals surface area contributed by atoms with Crippen molar-refractivity contribution < 1.29 is 9.47 Å². The highest BCUT2D eigenvalue weighted by molar-refractivity contribution is 6.76. The van der Waals surface area contributed by atoms with E-state index in [-0.39, 0.29) is 5.41 Å². The third-order valence-electron chi connectivity index (χ3n) is 3.55. The number of aromatic nitrogens is 2. The highest BCUT2D eigenvalue weighted by atomic mass is 28.3. The van der Waals surface area contributed by atoms with Gasteiger partial charge in [-0.1, -0.05) is 19.6 Å². The molecule has 0 spiro atoms. The van der Waals surface area contributed by atoms with Crippen molar-refractivity contribution in [2.24, 2.45) is 5.41 Å². The summed E-state index contributed by atoms with van der Waals surface area (Å²) in [6.07, 6.45) is 3.49. The number of nitrogen functional groups attached to an aromatic ring is 1. The van der Waals surface area contributed by atoms with E-state index in [0.717, 1.165) is 25.5 Å². The van der Waals surface area contributed by atoms with Gasteiger partial charge in [-0.2, -0.15) is 5.26 Å². The van der Waals surface area contributed by atoms with Crippen LogP contribution in [-0.4, -0.2) is 31.1 Å². The SMILES string of the molecule is C[Si](C)(C)CCOCn1cc(N)c(OCC2(C#N)CC2)n1. The molecule has 0 amide bonds. The molecule has 0 unspecified atom stereocenters. The van der Waals surface area contributed by atoms with Crippen LogP contribution in [0.25, 0.3) is 0 Å². The Morgan fingerprint density at radius 2 is 2.19 bits per heavy atom. The van der Waals surface area contributed by atoms with E-state index in [1.807, 2.05) is 0 Å². The van der Waals surface area contributed by atoms with Gasteiger partial charge in [-0.05, 0) is 18.9 Å². The molecule has 1 saturated carbocycles. The van der Waals surface area contributed by atoms with E-state index in [4.69, 9.17) is 20.5 Å². The smallest absolute Gasteiger partial charge is 0.256 e. The lowest BCUT2D eigenvalue weighted by Gasteiger charge is -2.15. The fraction of sp³-hybridized carbons (Fsp3) is 0.714. The third-order valence-corrected chi connectivity index (χ3v) is 5.25. The lowest BCUT2D eigenvalue weighted by molar-refractivity contribution is 0.0772. The topological polar surface area (TPSA) is 86.1 Å². The van der Waals surface area contributed by atoms with Crippen LogP contribution in [0.2, 0.25) is 25.7 Å². The summed E-state index contributed by atoms with van der Waals surface area (Å²) in [5, 5.41) is 13.3. The molecule has 0 bridgehead atoms. The van der Waals surface area contributed by atoms with E-state index >= 15 is 0 Å². The molecule has 21 heavy (non-hydrogen) atoms. The van der Waals surface area contributed by atoms with Crippen molar-refractivity contribution in [3.05, 3.63) is 6.20 Å². The largest absolute Gasteiger partial charge is 0.473 e. The van der Waals surface area contributed by atoms with Gasteiger partial charge in [0.05, 0.1) is 17.7 Å². The zero-order valence-electron chi connectivity index (χ0n) is 13.1. The fourth-order valence-corrected chi connectivity index (χ4v) is 2.54. The lowest BCUT2D eigenvalue weighted by atomic mass is 10.1. The average Bonchev–Trinajstić information content (AvgIpc) is 3.10. The van der Waals surface area contributed by atoms with Crippen molar-refractivity contribution >= 4 is 13.8 Å². The first kappa shape index (κ1) is 15.9. The van der Waals surface area contributed by atoms with Crippen molar-refractivity contribution in [1.29, 1.82) is 5.26 Å². The van der Waals surface area contributed by atoms with Crippen molar-refractivity contribution in [3.8, 4) is 11.9 Å². The molecule has 0 radical (unpaired) electrons. The monoisotopic (exact) mass is 308 g/mol. The maximum atomic E-state index is 9.01. The number of hydrogen-bond acceptors (Lipinski definition) is 5. The Morgan fingerprint density at radius 1 is 1.48 bits per heavy atom. The predicted octanol–water partition coefficient (Wildman–Crippen LogP) is 2.46. The molecule has 0 aliphatic heterocycles. The van der Waals surface area contributed by atoms with Gasteiger partial charge in [0.15, 0.2) is 0 Å². The van der Waals surface area contributed by atoms with Crippen LogP contribution in [0.15, 0.2) is 6.20 Å². The lowest BCUT2D eigenvalue weighted by Crippen LogP contribution is -2.22. The third kappa shape index (κ3) is 4.76. The average molecular weight is 308 g/mol. The molecule has 0 aromatic carbocycles. The van der Waals surface area contributed by atoms with Crippen LogP contribution in [0.5, 0.6) is 5.88 Å². The Kier molecular flexibility index (Phi) is 4.59. The van der Waals surface area contributed by atoms with E-state index in [9.17, 15) is 0 Å². The van der Waals surface area contributed by atoms with Crippen LogP contribution >= 0.6 is 0 Å². The Bertz CT molecular complexity index is 526. The first-order chi connectivity index (χ1) is 9.84. The molecular weight excluding hydrogens is 284 g/mol. The number of anilines is 1. The number of nitrogens with zero attached hydrogens (tertiary/aromatic N) is 3. The van der Waals surface area contributed by atoms with Gasteiger partial charge in [-0.3, -0.25) is 0 Å². The van der Waals surface area contributed by atoms with Crippen molar-refractivity contribution in [2.75, 3.05) is 18.9 Å². The highest BCUT2D eigenvalue weighted by Gasteiger charge is 2.44. The van der Waals surface area contributed by atoms with E-state index in [1.165, 1.54) is 0 Å². The van der Waals surface area contributed by atoms with Gasteiger partial charge in [-0.25, -0.2) is 4.68 Å². The Morgan fingerprint density at radius 3 is 2.76 bits per heavy atom. The molecule has 1 aromatic rings. The van der Waals surface area contributed by atoms with E-state index in [0.29, 0.717) is 24.9 Å². The van der Waals surface area contributed by atoms with Crippen LogP contribution in [0.1, 0.15) is 12.8 Å². The zero-order chi connectivity index (χ0) is 15.5. The molecule has 0 saturated heterocycles. The van der Waals surface area contributed by atoms with Crippen LogP contribution in [0, 0.1) is 16.7 Å². The van der Waals surface area contributed by atoms with Crippen LogP contribution in [0.4, 0.5) is 5.69 Å². The van der Waals surface area contributed by atoms with E-state index in [2.05, 4.69) is 30.8 Å². The molecule has 1 aromatic heterocycles. The second-order valence-electron chi connectivity index (χ2n) is 6.96. The van der Waals surface area contributed by atoms with E-state index < -0.39 is 8.07 Å². The number of nitrogens with two attached hydrogens (primary N) is 1. The van der Waals surface area contributed by atoms with E-state index in [1.54, 1.807) is 10.9 Å². The van der Waals surface area contributed by atoms with Gasteiger partial charge in [0.2, 0.25) is 0 Å². The first-order valence-electron chi connectivity index (χ1n) is 7.28. The van der Waals surface area contributed by atoms with Gasteiger partial charge in [-0.15, -0.1) is 5.10 Å². The van der Waals surface area contributed by atoms with Crippen molar-refractivity contribution in [1.82, 2.24) is 9.78 Å². The predicted molar refractivity (Wildman–Crippen MR) is 83.5 cm³/mol. The van der Waals surface area contributed by atoms with Crippen LogP contribution in [0.3, 0.4) is 0 Å². The molecular formula is C14H24N4O2Si. The Labute approximate surface area is 126 Å². The molecule has 0 atom stereocenters. The zero-order valence-corrected chi connectivity index (χ0v) is 14.1. The molecule has 2 rings (SSSR count). The summed E-state index contributed by atoms with van der Waals surface area (Å²) >= 11 is 0. The number of ether oxygens (including phenoxy) is 2. The maximum absolute atomic E-state index is 9.01. The number of hydrogen-bond donors (Lipinski definition) is 1. The van der Waals surface area contributed by atoms with Gasteiger partial charge < -0.3 is 15.2 Å². The Hall–Kier alpha value is -1.52. The van der Waals surface area contributed by atoms with Crippen LogP contribution < -0.4 is 10.5 Å². The molecule has 6 nitrogen and oxygen atoms in total. The van der Waals surface area contributed by atoms with Gasteiger partial charge >= 0.3 is 0 Å². The summed E-state index contributed by atoms with van der Waals surface area (Å²) in [7, 11) is -1.07. The quantitative estimate of drug-likeness (QED) is 0.589. The first-order valence-corrected chi connectivity index (χ1v) is 11.0. The highest BCUT2D eigenvalue weighted by Crippen LogP contribution is 2.45. The standard InChI is InChI=1S/C14H24N4O2Si/c1-21(2,3)7-6-19-11-18-8-12(16)13(17-18)20-10-14(9-15)4-5-14/h8H,4-7,10-11,16H2,1-3H3.